The smallest absolute Gasteiger partial charge is 0.273 e. The monoisotopic (exact) mass is 480 g/mol. The van der Waals surface area contributed by atoms with Crippen LogP contribution in [0, 0.1) is 0 Å². The fourth-order valence-electron chi connectivity index (χ4n) is 3.49. The van der Waals surface area contributed by atoms with E-state index in [9.17, 15) is 9.59 Å². The first-order valence-corrected chi connectivity index (χ1v) is 11.5. The van der Waals surface area contributed by atoms with Gasteiger partial charge in [-0.05, 0) is 42.3 Å². The van der Waals surface area contributed by atoms with Gasteiger partial charge in [-0.15, -0.1) is 10.2 Å². The van der Waals surface area contributed by atoms with Crippen molar-refractivity contribution >= 4 is 5.91 Å². The van der Waals surface area contributed by atoms with Gasteiger partial charge in [0.25, 0.3) is 5.56 Å². The molecule has 0 bridgehead atoms. The number of carbonyl (C=O) groups excluding carboxylic acids is 1. The van der Waals surface area contributed by atoms with Crippen molar-refractivity contribution in [2.24, 2.45) is 0 Å². The van der Waals surface area contributed by atoms with E-state index in [-0.39, 0.29) is 36.8 Å². The van der Waals surface area contributed by atoms with Crippen LogP contribution in [0.3, 0.4) is 0 Å². The number of aromatic nitrogens is 3. The van der Waals surface area contributed by atoms with Gasteiger partial charge in [-0.25, -0.2) is 0 Å². The number of hydrogen-bond donors (Lipinski definition) is 2. The lowest BCUT2D eigenvalue weighted by Gasteiger charge is -2.11. The Morgan fingerprint density at radius 1 is 1.11 bits per heavy atom. The van der Waals surface area contributed by atoms with Crippen LogP contribution in [0.25, 0.3) is 11.4 Å². The first-order valence-electron chi connectivity index (χ1n) is 11.5. The third-order valence-corrected chi connectivity index (χ3v) is 5.47. The number of rotatable bonds is 11. The van der Waals surface area contributed by atoms with Gasteiger partial charge in [0.2, 0.25) is 12.7 Å². The molecule has 0 unspecified atom stereocenters. The van der Waals surface area contributed by atoms with Crippen molar-refractivity contribution in [2.75, 3.05) is 20.5 Å². The second-order valence-electron chi connectivity index (χ2n) is 7.98. The van der Waals surface area contributed by atoms with Crippen LogP contribution < -0.4 is 29.8 Å². The van der Waals surface area contributed by atoms with Crippen LogP contribution in [0.1, 0.15) is 37.4 Å². The Labute approximate surface area is 202 Å². The number of aryl methyl sites for hydroxylation is 1. The Morgan fingerprint density at radius 2 is 1.97 bits per heavy atom. The predicted molar refractivity (Wildman–Crippen MR) is 128 cm³/mol. The highest BCUT2D eigenvalue weighted by Gasteiger charge is 2.15. The van der Waals surface area contributed by atoms with Crippen molar-refractivity contribution in [1.29, 1.82) is 0 Å². The minimum Gasteiger partial charge on any atom is -0.493 e. The molecule has 0 spiro atoms. The molecule has 1 aromatic heterocycles. The number of aromatic amines is 1. The fourth-order valence-corrected chi connectivity index (χ4v) is 3.49. The number of nitrogens with one attached hydrogen (secondary N) is 2. The predicted octanol–water partition coefficient (Wildman–Crippen LogP) is 3.00. The molecule has 10 nitrogen and oxygen atoms in total. The SMILES string of the molecule is CCCCOc1ccc(-c2nnc(CCC(=O)NCc3ccc4c(c3)OCO4)c(=O)[nH]2)cc1OC. The number of H-pyrrole nitrogens is 1. The zero-order chi connectivity index (χ0) is 24.6. The normalized spacial score (nSPS) is 11.8. The molecular formula is C25H28N4O6. The van der Waals surface area contributed by atoms with Gasteiger partial charge in [-0.3, -0.25) is 9.59 Å². The molecule has 10 heteroatoms. The summed E-state index contributed by atoms with van der Waals surface area (Å²) in [6, 6.07) is 10.8. The standard InChI is InChI=1S/C25H28N4O6/c1-3-4-11-33-19-9-6-17(13-21(19)32-2)24-27-25(31)18(28-29-24)7-10-23(30)26-14-16-5-8-20-22(12-16)35-15-34-20/h5-6,8-9,12-13H,3-4,7,10-11,14-15H2,1-2H3,(H,26,30)(H,27,29,31). The lowest BCUT2D eigenvalue weighted by Crippen LogP contribution is -2.25. The second kappa shape index (κ2) is 11.4. The summed E-state index contributed by atoms with van der Waals surface area (Å²) in [5, 5.41) is 11.0. The van der Waals surface area contributed by atoms with E-state index < -0.39 is 0 Å². The highest BCUT2D eigenvalue weighted by Crippen LogP contribution is 2.32. The number of methoxy groups -OCH3 is 1. The molecule has 184 valence electrons. The van der Waals surface area contributed by atoms with Crippen LogP contribution in [0.4, 0.5) is 0 Å². The molecule has 0 atom stereocenters. The molecule has 1 aliphatic rings. The van der Waals surface area contributed by atoms with Crippen LogP contribution in [0.2, 0.25) is 0 Å². The number of ether oxygens (including phenoxy) is 4. The molecule has 0 radical (unpaired) electrons. The van der Waals surface area contributed by atoms with Gasteiger partial charge >= 0.3 is 0 Å². The summed E-state index contributed by atoms with van der Waals surface area (Å²) in [6.45, 7) is 3.24. The van der Waals surface area contributed by atoms with Crippen molar-refractivity contribution < 1.29 is 23.7 Å². The third-order valence-electron chi connectivity index (χ3n) is 5.47. The highest BCUT2D eigenvalue weighted by atomic mass is 16.7. The maximum atomic E-state index is 12.5. The molecule has 35 heavy (non-hydrogen) atoms. The van der Waals surface area contributed by atoms with Gasteiger partial charge in [-0.2, -0.15) is 0 Å². The summed E-state index contributed by atoms with van der Waals surface area (Å²) < 4.78 is 21.8. The van der Waals surface area contributed by atoms with E-state index >= 15 is 0 Å². The fraction of sp³-hybridized carbons (Fsp3) is 0.360. The van der Waals surface area contributed by atoms with Gasteiger partial charge in [0.1, 0.15) is 5.69 Å². The summed E-state index contributed by atoms with van der Waals surface area (Å²) >= 11 is 0. The summed E-state index contributed by atoms with van der Waals surface area (Å²) in [5.74, 6) is 2.64. The number of fused-ring (bicyclic) bond motifs is 1. The molecule has 3 aromatic rings. The van der Waals surface area contributed by atoms with Crippen LogP contribution in [0.15, 0.2) is 41.2 Å². The second-order valence-corrected chi connectivity index (χ2v) is 7.98. The third kappa shape index (κ3) is 6.08. The van der Waals surface area contributed by atoms with Crippen molar-refractivity contribution in [1.82, 2.24) is 20.5 Å². The van der Waals surface area contributed by atoms with E-state index in [1.54, 1.807) is 25.3 Å². The maximum Gasteiger partial charge on any atom is 0.273 e. The maximum absolute atomic E-state index is 12.5. The van der Waals surface area contributed by atoms with E-state index in [4.69, 9.17) is 18.9 Å². The Bertz CT molecular complexity index is 1240. The molecule has 0 aliphatic carbocycles. The van der Waals surface area contributed by atoms with Crippen LogP contribution in [0.5, 0.6) is 23.0 Å². The molecule has 2 aromatic carbocycles. The first kappa shape index (κ1) is 24.1. The van der Waals surface area contributed by atoms with E-state index in [2.05, 4.69) is 27.4 Å². The van der Waals surface area contributed by atoms with E-state index in [1.165, 1.54) is 0 Å². The number of amides is 1. The topological polar surface area (TPSA) is 125 Å². The quantitative estimate of drug-likeness (QED) is 0.401. The Morgan fingerprint density at radius 3 is 2.77 bits per heavy atom. The first-order chi connectivity index (χ1) is 17.1. The van der Waals surface area contributed by atoms with Crippen LogP contribution in [-0.4, -0.2) is 41.6 Å². The average molecular weight is 481 g/mol. The van der Waals surface area contributed by atoms with Gasteiger partial charge in [0, 0.05) is 24.9 Å². The number of nitrogens with zero attached hydrogens (tertiary/aromatic N) is 2. The van der Waals surface area contributed by atoms with E-state index in [1.807, 2.05) is 18.2 Å². The van der Waals surface area contributed by atoms with Gasteiger partial charge in [-0.1, -0.05) is 19.4 Å². The minimum atomic E-state index is -0.388. The lowest BCUT2D eigenvalue weighted by atomic mass is 10.2. The number of unbranched alkanes of at least 4 members (excludes halogenated alkanes) is 1. The average Bonchev–Trinajstić information content (AvgIpc) is 3.35. The molecule has 0 saturated heterocycles. The molecule has 2 heterocycles. The highest BCUT2D eigenvalue weighted by molar-refractivity contribution is 5.76. The largest absolute Gasteiger partial charge is 0.493 e. The summed E-state index contributed by atoms with van der Waals surface area (Å²) in [4.78, 5) is 27.5. The summed E-state index contributed by atoms with van der Waals surface area (Å²) in [6.07, 6.45) is 2.26. The lowest BCUT2D eigenvalue weighted by molar-refractivity contribution is -0.121. The zero-order valence-electron chi connectivity index (χ0n) is 19.8. The van der Waals surface area contributed by atoms with Crippen molar-refractivity contribution in [3.63, 3.8) is 0 Å². The Balaban J connectivity index is 1.33. The number of carbonyl (C=O) groups is 1. The molecule has 2 N–H and O–H groups in total. The van der Waals surface area contributed by atoms with Crippen molar-refractivity contribution in [2.45, 2.75) is 39.2 Å². The zero-order valence-corrected chi connectivity index (χ0v) is 19.8. The minimum absolute atomic E-state index is 0.110. The van der Waals surface area contributed by atoms with Gasteiger partial charge < -0.3 is 29.2 Å². The van der Waals surface area contributed by atoms with Gasteiger partial charge in [0.05, 0.1) is 13.7 Å². The molecule has 0 saturated carbocycles. The Kier molecular flexibility index (Phi) is 7.81. The van der Waals surface area contributed by atoms with Crippen molar-refractivity contribution in [3.05, 3.63) is 58.0 Å². The van der Waals surface area contributed by atoms with Crippen LogP contribution >= 0.6 is 0 Å². The van der Waals surface area contributed by atoms with Crippen LogP contribution in [-0.2, 0) is 17.8 Å². The summed E-state index contributed by atoms with van der Waals surface area (Å²) in [5.41, 5.74) is 1.34. The molecule has 1 amide bonds. The van der Waals surface area contributed by atoms with Crippen molar-refractivity contribution in [3.8, 4) is 34.4 Å². The van der Waals surface area contributed by atoms with Gasteiger partial charge in [0.15, 0.2) is 28.8 Å². The van der Waals surface area contributed by atoms with E-state index in [0.717, 1.165) is 18.4 Å². The molecule has 1 aliphatic heterocycles. The number of hydrogen-bond acceptors (Lipinski definition) is 8. The summed E-state index contributed by atoms with van der Waals surface area (Å²) in [7, 11) is 1.56. The molecule has 4 rings (SSSR count). The Hall–Kier alpha value is -4.08. The van der Waals surface area contributed by atoms with E-state index in [0.29, 0.717) is 47.5 Å². The molecule has 0 fully saturated rings. The molecular weight excluding hydrogens is 452 g/mol. The number of benzene rings is 2.